The van der Waals surface area contributed by atoms with Gasteiger partial charge in [-0.3, -0.25) is 0 Å². The average Bonchev–Trinajstić information content (AvgIpc) is 2.42. The third kappa shape index (κ3) is 3.83. The highest BCUT2D eigenvalue weighted by molar-refractivity contribution is 6.30. The van der Waals surface area contributed by atoms with Crippen LogP contribution in [0.2, 0.25) is 5.02 Å². The zero-order valence-electron chi connectivity index (χ0n) is 10.5. The van der Waals surface area contributed by atoms with Crippen molar-refractivity contribution in [1.82, 2.24) is 4.98 Å². The summed E-state index contributed by atoms with van der Waals surface area (Å²) in [5.74, 6) is 0.186. The molecule has 0 radical (unpaired) electrons. The van der Waals surface area contributed by atoms with Gasteiger partial charge < -0.3 is 10.1 Å². The van der Waals surface area contributed by atoms with Gasteiger partial charge in [-0.2, -0.15) is 0 Å². The Morgan fingerprint density at radius 3 is 2.79 bits per heavy atom. The first kappa shape index (κ1) is 13.6. The third-order valence-electron chi connectivity index (χ3n) is 2.51. The van der Waals surface area contributed by atoms with E-state index in [-0.39, 0.29) is 5.02 Å². The summed E-state index contributed by atoms with van der Waals surface area (Å²) in [5.41, 5.74) is 1.77. The molecule has 100 valence electrons. The predicted molar refractivity (Wildman–Crippen MR) is 74.1 cm³/mol. The molecule has 0 saturated carbocycles. The zero-order chi connectivity index (χ0) is 13.7. The van der Waals surface area contributed by atoms with Gasteiger partial charge in [0.2, 0.25) is 5.88 Å². The summed E-state index contributed by atoms with van der Waals surface area (Å²) in [6.45, 7) is 3.05. The Kier molecular flexibility index (Phi) is 4.58. The quantitative estimate of drug-likeness (QED) is 0.902. The van der Waals surface area contributed by atoms with Crippen LogP contribution in [0.1, 0.15) is 12.5 Å². The van der Waals surface area contributed by atoms with E-state index < -0.39 is 5.82 Å². The number of nitrogens with zero attached hydrogens (tertiary/aromatic N) is 1. The van der Waals surface area contributed by atoms with Crippen LogP contribution in [0.25, 0.3) is 0 Å². The first-order valence-electron chi connectivity index (χ1n) is 5.95. The van der Waals surface area contributed by atoms with Gasteiger partial charge in [0.1, 0.15) is 5.82 Å². The van der Waals surface area contributed by atoms with Crippen molar-refractivity contribution >= 4 is 17.3 Å². The molecule has 1 N–H and O–H groups in total. The number of halogens is 2. The Labute approximate surface area is 116 Å². The van der Waals surface area contributed by atoms with Crippen LogP contribution in [0.3, 0.4) is 0 Å². The van der Waals surface area contributed by atoms with Crippen LogP contribution in [0.15, 0.2) is 36.5 Å². The van der Waals surface area contributed by atoms with Gasteiger partial charge in [0, 0.05) is 12.6 Å². The topological polar surface area (TPSA) is 34.1 Å². The van der Waals surface area contributed by atoms with Crippen LogP contribution < -0.4 is 10.1 Å². The normalized spacial score (nSPS) is 10.3. The Hall–Kier alpha value is -1.81. The lowest BCUT2D eigenvalue weighted by molar-refractivity contribution is 0.327. The number of pyridine rings is 1. The molecule has 5 heteroatoms. The molecule has 0 atom stereocenters. The second kappa shape index (κ2) is 6.38. The summed E-state index contributed by atoms with van der Waals surface area (Å²) in [5, 5.41) is 3.31. The zero-order valence-corrected chi connectivity index (χ0v) is 11.2. The van der Waals surface area contributed by atoms with Crippen molar-refractivity contribution in [2.45, 2.75) is 13.5 Å². The van der Waals surface area contributed by atoms with E-state index in [1.807, 2.05) is 13.0 Å². The fraction of sp³-hybridized carbons (Fsp3) is 0.214. The maximum Gasteiger partial charge on any atom is 0.213 e. The number of rotatable bonds is 5. The smallest absolute Gasteiger partial charge is 0.213 e. The number of hydrogen-bond acceptors (Lipinski definition) is 3. The Morgan fingerprint density at radius 2 is 2.16 bits per heavy atom. The summed E-state index contributed by atoms with van der Waals surface area (Å²) >= 11 is 5.72. The lowest BCUT2D eigenvalue weighted by atomic mass is 10.2. The largest absolute Gasteiger partial charge is 0.478 e. The van der Waals surface area contributed by atoms with Crippen LogP contribution in [0.5, 0.6) is 5.88 Å². The molecule has 1 heterocycles. The van der Waals surface area contributed by atoms with Crippen molar-refractivity contribution in [3.8, 4) is 5.88 Å². The van der Waals surface area contributed by atoms with Gasteiger partial charge in [0.15, 0.2) is 0 Å². The molecule has 19 heavy (non-hydrogen) atoms. The van der Waals surface area contributed by atoms with Crippen LogP contribution in [-0.2, 0) is 6.54 Å². The molecule has 0 aliphatic rings. The Morgan fingerprint density at radius 1 is 1.32 bits per heavy atom. The molecule has 0 spiro atoms. The second-order valence-corrected chi connectivity index (χ2v) is 4.33. The molecular formula is C14H14ClFN2O. The molecule has 3 nitrogen and oxygen atoms in total. The molecule has 0 amide bonds. The van der Waals surface area contributed by atoms with Crippen molar-refractivity contribution in [3.05, 3.63) is 52.9 Å². The first-order valence-corrected chi connectivity index (χ1v) is 6.33. The molecule has 1 aromatic heterocycles. The van der Waals surface area contributed by atoms with Gasteiger partial charge in [-0.15, -0.1) is 0 Å². The minimum atomic E-state index is -0.409. The monoisotopic (exact) mass is 280 g/mol. The molecule has 2 aromatic rings. The number of hydrogen-bond donors (Lipinski definition) is 1. The van der Waals surface area contributed by atoms with Crippen LogP contribution in [-0.4, -0.2) is 11.6 Å². The standard InChI is InChI=1S/C14H14ClFN2O/c1-2-19-14-6-4-11(9-18-14)17-8-10-3-5-13(16)12(15)7-10/h3-7,9,17H,2,8H2,1H3. The summed E-state index contributed by atoms with van der Waals surface area (Å²) in [6, 6.07) is 8.32. The van der Waals surface area contributed by atoms with Gasteiger partial charge >= 0.3 is 0 Å². The van der Waals surface area contributed by atoms with Crippen molar-refractivity contribution in [3.63, 3.8) is 0 Å². The Balaban J connectivity index is 1.96. The second-order valence-electron chi connectivity index (χ2n) is 3.92. The number of aromatic nitrogens is 1. The number of benzene rings is 1. The fourth-order valence-corrected chi connectivity index (χ4v) is 1.77. The van der Waals surface area contributed by atoms with Crippen molar-refractivity contribution in [2.75, 3.05) is 11.9 Å². The van der Waals surface area contributed by atoms with Crippen LogP contribution >= 0.6 is 11.6 Å². The van der Waals surface area contributed by atoms with Gasteiger partial charge in [0.05, 0.1) is 23.5 Å². The van der Waals surface area contributed by atoms with Crippen LogP contribution in [0, 0.1) is 5.82 Å². The molecule has 0 unspecified atom stereocenters. The number of anilines is 1. The van der Waals surface area contributed by atoms with E-state index in [0.29, 0.717) is 19.0 Å². The number of nitrogens with one attached hydrogen (secondary N) is 1. The molecular weight excluding hydrogens is 267 g/mol. The van der Waals surface area contributed by atoms with E-state index >= 15 is 0 Å². The molecule has 0 aliphatic heterocycles. The lowest BCUT2D eigenvalue weighted by Gasteiger charge is -2.08. The van der Waals surface area contributed by atoms with Crippen molar-refractivity contribution in [1.29, 1.82) is 0 Å². The molecule has 2 rings (SSSR count). The highest BCUT2D eigenvalue weighted by Gasteiger charge is 2.01. The molecule has 0 aliphatic carbocycles. The van der Waals surface area contributed by atoms with E-state index in [0.717, 1.165) is 11.3 Å². The maximum absolute atomic E-state index is 13.0. The van der Waals surface area contributed by atoms with E-state index in [2.05, 4.69) is 10.3 Å². The molecule has 0 saturated heterocycles. The van der Waals surface area contributed by atoms with Crippen LogP contribution in [0.4, 0.5) is 10.1 Å². The molecule has 0 fully saturated rings. The Bertz CT molecular complexity index is 546. The first-order chi connectivity index (χ1) is 9.19. The fourth-order valence-electron chi connectivity index (χ4n) is 1.57. The lowest BCUT2D eigenvalue weighted by Crippen LogP contribution is -2.01. The summed E-state index contributed by atoms with van der Waals surface area (Å²) in [4.78, 5) is 4.14. The molecule has 0 bridgehead atoms. The SMILES string of the molecule is CCOc1ccc(NCc2ccc(F)c(Cl)c2)cn1. The van der Waals surface area contributed by atoms with E-state index in [9.17, 15) is 4.39 Å². The summed E-state index contributed by atoms with van der Waals surface area (Å²) in [7, 11) is 0. The predicted octanol–water partition coefficient (Wildman–Crippen LogP) is 3.88. The maximum atomic E-state index is 13.0. The van der Waals surface area contributed by atoms with Crippen molar-refractivity contribution < 1.29 is 9.13 Å². The minimum absolute atomic E-state index is 0.129. The van der Waals surface area contributed by atoms with E-state index in [1.54, 1.807) is 24.4 Å². The highest BCUT2D eigenvalue weighted by Crippen LogP contribution is 2.17. The van der Waals surface area contributed by atoms with Gasteiger partial charge in [-0.25, -0.2) is 9.37 Å². The van der Waals surface area contributed by atoms with Gasteiger partial charge in [0.25, 0.3) is 0 Å². The highest BCUT2D eigenvalue weighted by atomic mass is 35.5. The summed E-state index contributed by atoms with van der Waals surface area (Å²) < 4.78 is 18.3. The average molecular weight is 281 g/mol. The van der Waals surface area contributed by atoms with E-state index in [4.69, 9.17) is 16.3 Å². The van der Waals surface area contributed by atoms with E-state index in [1.165, 1.54) is 6.07 Å². The van der Waals surface area contributed by atoms with Gasteiger partial charge in [-0.1, -0.05) is 17.7 Å². The minimum Gasteiger partial charge on any atom is -0.478 e. The third-order valence-corrected chi connectivity index (χ3v) is 2.80. The van der Waals surface area contributed by atoms with Crippen molar-refractivity contribution in [2.24, 2.45) is 0 Å². The molecule has 1 aromatic carbocycles. The summed E-state index contributed by atoms with van der Waals surface area (Å²) in [6.07, 6.45) is 1.69. The number of ether oxygens (including phenoxy) is 1. The van der Waals surface area contributed by atoms with Gasteiger partial charge in [-0.05, 0) is 30.7 Å².